The third-order valence-electron chi connectivity index (χ3n) is 5.42. The van der Waals surface area contributed by atoms with Crippen LogP contribution < -0.4 is 10.2 Å². The van der Waals surface area contributed by atoms with E-state index in [4.69, 9.17) is 14.3 Å². The average molecular weight is 458 g/mol. The Labute approximate surface area is 191 Å². The SMILES string of the molecule is CNC(=O)OCc1cccc(-c2cnc(N3CC(=NOCC4CN(C)CCO4)C3)nc2)c1F. The average Bonchev–Trinajstić information content (AvgIpc) is 2.80. The summed E-state index contributed by atoms with van der Waals surface area (Å²) in [5.74, 6) is 0.0656. The van der Waals surface area contributed by atoms with Gasteiger partial charge in [-0.2, -0.15) is 0 Å². The molecule has 176 valence electrons. The Bertz CT molecular complexity index is 995. The number of nitrogens with one attached hydrogen (secondary N) is 1. The second-order valence-electron chi connectivity index (χ2n) is 7.94. The second-order valence-corrected chi connectivity index (χ2v) is 7.94. The molecular weight excluding hydrogens is 431 g/mol. The highest BCUT2D eigenvalue weighted by atomic mass is 19.1. The van der Waals surface area contributed by atoms with E-state index in [2.05, 4.69) is 32.4 Å². The number of carbonyl (C=O) groups excluding carboxylic acids is 1. The number of aromatic nitrogens is 2. The molecule has 2 saturated heterocycles. The third kappa shape index (κ3) is 5.74. The Morgan fingerprint density at radius 1 is 1.33 bits per heavy atom. The number of carbonyl (C=O) groups is 1. The number of ether oxygens (including phenoxy) is 2. The molecule has 11 heteroatoms. The van der Waals surface area contributed by atoms with Crippen molar-refractivity contribution in [2.24, 2.45) is 5.16 Å². The molecule has 0 radical (unpaired) electrons. The maximum atomic E-state index is 14.9. The fourth-order valence-corrected chi connectivity index (χ4v) is 3.53. The van der Waals surface area contributed by atoms with Gasteiger partial charge in [-0.05, 0) is 7.05 Å². The molecule has 0 spiro atoms. The lowest BCUT2D eigenvalue weighted by atomic mass is 10.1. The molecule has 3 heterocycles. The predicted octanol–water partition coefficient (Wildman–Crippen LogP) is 1.66. The molecule has 4 rings (SSSR count). The van der Waals surface area contributed by atoms with Crippen molar-refractivity contribution in [2.75, 3.05) is 58.4 Å². The van der Waals surface area contributed by atoms with Crippen molar-refractivity contribution in [3.63, 3.8) is 0 Å². The summed E-state index contributed by atoms with van der Waals surface area (Å²) in [5.41, 5.74) is 2.05. The minimum Gasteiger partial charge on any atom is -0.445 e. The number of alkyl carbamates (subject to hydrolysis) is 1. The van der Waals surface area contributed by atoms with Crippen LogP contribution in [0.1, 0.15) is 5.56 Å². The van der Waals surface area contributed by atoms with Gasteiger partial charge in [0, 0.05) is 49.2 Å². The van der Waals surface area contributed by atoms with Crippen molar-refractivity contribution in [1.82, 2.24) is 20.2 Å². The van der Waals surface area contributed by atoms with E-state index in [1.54, 1.807) is 30.6 Å². The lowest BCUT2D eigenvalue weighted by molar-refractivity contribution is -0.0626. The van der Waals surface area contributed by atoms with Gasteiger partial charge < -0.3 is 29.4 Å². The summed E-state index contributed by atoms with van der Waals surface area (Å²) in [6, 6.07) is 4.90. The molecule has 2 fully saturated rings. The zero-order valence-electron chi connectivity index (χ0n) is 18.7. The molecule has 0 saturated carbocycles. The molecule has 1 unspecified atom stereocenters. The molecular formula is C22H27FN6O4. The Kier molecular flexibility index (Phi) is 7.30. The Balaban J connectivity index is 1.30. The fourth-order valence-electron chi connectivity index (χ4n) is 3.53. The number of anilines is 1. The first kappa shape index (κ1) is 22.9. The van der Waals surface area contributed by atoms with Gasteiger partial charge in [0.25, 0.3) is 0 Å². The lowest BCUT2D eigenvalue weighted by Crippen LogP contribution is -2.48. The largest absolute Gasteiger partial charge is 0.445 e. The number of likely N-dealkylation sites (N-methyl/N-ethyl adjacent to an activating group) is 1. The van der Waals surface area contributed by atoms with E-state index in [1.807, 2.05) is 4.90 Å². The van der Waals surface area contributed by atoms with Crippen molar-refractivity contribution in [2.45, 2.75) is 12.7 Å². The normalized spacial score (nSPS) is 18.5. The van der Waals surface area contributed by atoms with Crippen LogP contribution in [-0.4, -0.2) is 86.3 Å². The van der Waals surface area contributed by atoms with Crippen LogP contribution in [0.4, 0.5) is 15.1 Å². The number of amides is 1. The summed E-state index contributed by atoms with van der Waals surface area (Å²) < 4.78 is 25.4. The van der Waals surface area contributed by atoms with Crippen molar-refractivity contribution in [3.05, 3.63) is 42.0 Å². The first-order chi connectivity index (χ1) is 16.0. The Morgan fingerprint density at radius 2 is 2.12 bits per heavy atom. The molecule has 1 atom stereocenters. The number of oxime groups is 1. The molecule has 2 aliphatic heterocycles. The smallest absolute Gasteiger partial charge is 0.407 e. The van der Waals surface area contributed by atoms with Gasteiger partial charge in [0.1, 0.15) is 25.1 Å². The topological polar surface area (TPSA) is 101 Å². The van der Waals surface area contributed by atoms with E-state index in [-0.39, 0.29) is 18.3 Å². The Morgan fingerprint density at radius 3 is 2.85 bits per heavy atom. The highest BCUT2D eigenvalue weighted by molar-refractivity contribution is 5.98. The van der Waals surface area contributed by atoms with E-state index < -0.39 is 11.9 Å². The monoisotopic (exact) mass is 458 g/mol. The van der Waals surface area contributed by atoms with Gasteiger partial charge in [0.05, 0.1) is 25.4 Å². The summed E-state index contributed by atoms with van der Waals surface area (Å²) in [7, 11) is 3.50. The van der Waals surface area contributed by atoms with Crippen LogP contribution >= 0.6 is 0 Å². The van der Waals surface area contributed by atoms with Crippen LogP contribution in [0.15, 0.2) is 35.7 Å². The summed E-state index contributed by atoms with van der Waals surface area (Å²) in [5, 5.41) is 6.51. The van der Waals surface area contributed by atoms with Crippen molar-refractivity contribution >= 4 is 17.8 Å². The maximum absolute atomic E-state index is 14.9. The van der Waals surface area contributed by atoms with Crippen LogP contribution in [0.3, 0.4) is 0 Å². The van der Waals surface area contributed by atoms with Gasteiger partial charge in [-0.1, -0.05) is 23.4 Å². The van der Waals surface area contributed by atoms with Crippen LogP contribution in [0.5, 0.6) is 0 Å². The molecule has 1 N–H and O–H groups in total. The molecule has 0 bridgehead atoms. The highest BCUT2D eigenvalue weighted by Crippen LogP contribution is 2.26. The summed E-state index contributed by atoms with van der Waals surface area (Å²) >= 11 is 0. The standard InChI is InChI=1S/C22H27FN6O4/c1-24-22(30)32-13-15-4-3-5-19(20(15)23)16-8-25-21(26-9-16)29-10-17(11-29)27-33-14-18-12-28(2)6-7-31-18/h3-5,8-9,18H,6-7,10-14H2,1-2H3,(H,24,30). The number of nitrogens with zero attached hydrogens (tertiary/aromatic N) is 5. The lowest BCUT2D eigenvalue weighted by Gasteiger charge is -2.32. The Hall–Kier alpha value is -3.31. The first-order valence-corrected chi connectivity index (χ1v) is 10.7. The molecule has 2 aliphatic rings. The van der Waals surface area contributed by atoms with E-state index in [9.17, 15) is 9.18 Å². The van der Waals surface area contributed by atoms with Gasteiger partial charge in [0.15, 0.2) is 0 Å². The molecule has 2 aromatic rings. The van der Waals surface area contributed by atoms with Gasteiger partial charge in [0.2, 0.25) is 5.95 Å². The van der Waals surface area contributed by atoms with Crippen LogP contribution in [0.25, 0.3) is 11.1 Å². The highest BCUT2D eigenvalue weighted by Gasteiger charge is 2.26. The molecule has 1 aromatic heterocycles. The van der Waals surface area contributed by atoms with Gasteiger partial charge in [-0.3, -0.25) is 0 Å². The number of benzene rings is 1. The maximum Gasteiger partial charge on any atom is 0.407 e. The van der Waals surface area contributed by atoms with E-state index in [0.717, 1.165) is 18.8 Å². The zero-order valence-corrected chi connectivity index (χ0v) is 18.7. The number of morpholine rings is 1. The van der Waals surface area contributed by atoms with E-state index in [1.165, 1.54) is 7.05 Å². The molecule has 1 aromatic carbocycles. The van der Waals surface area contributed by atoms with E-state index >= 15 is 0 Å². The minimum absolute atomic E-state index is 0.0365. The van der Waals surface area contributed by atoms with Gasteiger partial charge in [-0.15, -0.1) is 0 Å². The summed E-state index contributed by atoms with van der Waals surface area (Å²) in [6.07, 6.45) is 2.57. The van der Waals surface area contributed by atoms with Crippen molar-refractivity contribution < 1.29 is 23.5 Å². The summed E-state index contributed by atoms with van der Waals surface area (Å²) in [4.78, 5) is 29.6. The quantitative estimate of drug-likeness (QED) is 0.626. The molecule has 33 heavy (non-hydrogen) atoms. The third-order valence-corrected chi connectivity index (χ3v) is 5.42. The minimum atomic E-state index is -0.620. The molecule has 10 nitrogen and oxygen atoms in total. The fraction of sp³-hybridized carbons (Fsp3) is 0.455. The van der Waals surface area contributed by atoms with Crippen molar-refractivity contribution in [1.29, 1.82) is 0 Å². The van der Waals surface area contributed by atoms with Gasteiger partial charge in [-0.25, -0.2) is 19.2 Å². The van der Waals surface area contributed by atoms with Crippen LogP contribution in [-0.2, 0) is 20.9 Å². The number of hydrogen-bond acceptors (Lipinski definition) is 9. The second kappa shape index (κ2) is 10.5. The number of halogens is 1. The predicted molar refractivity (Wildman–Crippen MR) is 120 cm³/mol. The number of hydrogen-bond donors (Lipinski definition) is 1. The molecule has 0 aliphatic carbocycles. The zero-order chi connectivity index (χ0) is 23.2. The first-order valence-electron chi connectivity index (χ1n) is 10.7. The van der Waals surface area contributed by atoms with Crippen molar-refractivity contribution in [3.8, 4) is 11.1 Å². The summed E-state index contributed by atoms with van der Waals surface area (Å²) in [6.45, 7) is 3.89. The molecule has 1 amide bonds. The van der Waals surface area contributed by atoms with E-state index in [0.29, 0.717) is 43.4 Å². The van der Waals surface area contributed by atoms with Crippen LogP contribution in [0.2, 0.25) is 0 Å². The van der Waals surface area contributed by atoms with Crippen LogP contribution in [0, 0.1) is 5.82 Å². The van der Waals surface area contributed by atoms with Gasteiger partial charge >= 0.3 is 6.09 Å². The number of rotatable bonds is 7.